The van der Waals surface area contributed by atoms with Gasteiger partial charge in [0.05, 0.1) is 6.54 Å². The molecule has 0 aromatic carbocycles. The summed E-state index contributed by atoms with van der Waals surface area (Å²) in [6.07, 6.45) is 0. The zero-order valence-corrected chi connectivity index (χ0v) is 13.8. The van der Waals surface area contributed by atoms with Crippen LogP contribution in [0.4, 0.5) is 0 Å². The van der Waals surface area contributed by atoms with Crippen molar-refractivity contribution in [2.45, 2.75) is 37.2 Å². The van der Waals surface area contributed by atoms with E-state index in [0.717, 1.165) is 12.3 Å². The van der Waals surface area contributed by atoms with Crippen molar-refractivity contribution < 1.29 is 12.8 Å². The molecule has 0 spiro atoms. The van der Waals surface area contributed by atoms with Crippen LogP contribution >= 0.6 is 11.8 Å². The highest BCUT2D eigenvalue weighted by Gasteiger charge is 2.36. The van der Waals surface area contributed by atoms with Crippen molar-refractivity contribution in [1.82, 2.24) is 9.62 Å². The van der Waals surface area contributed by atoms with Gasteiger partial charge in [0.2, 0.25) is 5.09 Å². The zero-order chi connectivity index (χ0) is 14.8. The molecule has 0 aliphatic carbocycles. The Labute approximate surface area is 125 Å². The molecule has 5 nitrogen and oxygen atoms in total. The Balaban J connectivity index is 2.15. The summed E-state index contributed by atoms with van der Waals surface area (Å²) in [5.74, 6) is 1.47. The first-order valence-electron chi connectivity index (χ1n) is 6.79. The first kappa shape index (κ1) is 15.9. The van der Waals surface area contributed by atoms with Gasteiger partial charge in [-0.2, -0.15) is 16.1 Å². The number of hydrogen-bond donors (Lipinski definition) is 1. The lowest BCUT2D eigenvalue weighted by atomic mass is 10.2. The van der Waals surface area contributed by atoms with Gasteiger partial charge in [-0.05, 0) is 32.5 Å². The number of sulfonamides is 1. The van der Waals surface area contributed by atoms with Crippen LogP contribution in [0.1, 0.15) is 26.5 Å². The lowest BCUT2D eigenvalue weighted by Gasteiger charge is -2.36. The molecule has 1 fully saturated rings. The summed E-state index contributed by atoms with van der Waals surface area (Å²) in [5, 5.41) is 3.17. The standard InChI is InChI=1S/C13H22N2O3S2/c1-4-14-9-11-5-6-12(18-11)20(16,17)15-7-8-19-13(2,3)10-15/h5-6,14H,4,7-10H2,1-3H3. The van der Waals surface area contributed by atoms with Gasteiger partial charge in [-0.15, -0.1) is 0 Å². The van der Waals surface area contributed by atoms with Gasteiger partial charge in [0.15, 0.2) is 0 Å². The highest BCUT2D eigenvalue weighted by molar-refractivity contribution is 8.00. The van der Waals surface area contributed by atoms with Crippen LogP contribution in [-0.2, 0) is 16.6 Å². The van der Waals surface area contributed by atoms with E-state index < -0.39 is 10.0 Å². The topological polar surface area (TPSA) is 62.6 Å². The number of thioether (sulfide) groups is 1. The number of nitrogens with zero attached hydrogens (tertiary/aromatic N) is 1. The molecule has 1 aliphatic heterocycles. The summed E-state index contributed by atoms with van der Waals surface area (Å²) < 4.78 is 32.1. The van der Waals surface area contributed by atoms with E-state index in [4.69, 9.17) is 4.42 Å². The van der Waals surface area contributed by atoms with Gasteiger partial charge in [-0.1, -0.05) is 6.92 Å². The molecule has 0 saturated carbocycles. The molecule has 2 rings (SSSR count). The molecule has 0 amide bonds. The minimum atomic E-state index is -3.51. The molecular weight excluding hydrogens is 296 g/mol. The fourth-order valence-corrected chi connectivity index (χ4v) is 4.99. The molecule has 1 aliphatic rings. The van der Waals surface area contributed by atoms with Gasteiger partial charge in [-0.25, -0.2) is 8.42 Å². The molecule has 0 bridgehead atoms. The molecule has 1 saturated heterocycles. The zero-order valence-electron chi connectivity index (χ0n) is 12.2. The average molecular weight is 318 g/mol. The Hall–Kier alpha value is -0.500. The van der Waals surface area contributed by atoms with Gasteiger partial charge in [0.25, 0.3) is 10.0 Å². The second-order valence-electron chi connectivity index (χ2n) is 5.45. The van der Waals surface area contributed by atoms with Crippen LogP contribution in [-0.4, -0.2) is 42.9 Å². The molecule has 1 aromatic heterocycles. The van der Waals surface area contributed by atoms with Crippen molar-refractivity contribution in [3.8, 4) is 0 Å². The molecule has 0 radical (unpaired) electrons. The first-order chi connectivity index (χ1) is 9.35. The fourth-order valence-electron chi connectivity index (χ4n) is 2.15. The van der Waals surface area contributed by atoms with E-state index in [1.54, 1.807) is 23.9 Å². The summed E-state index contributed by atoms with van der Waals surface area (Å²) in [7, 11) is -3.51. The minimum Gasteiger partial charge on any atom is -0.447 e. The van der Waals surface area contributed by atoms with E-state index in [0.29, 0.717) is 25.4 Å². The monoisotopic (exact) mass is 318 g/mol. The normalized spacial score (nSPS) is 20.1. The van der Waals surface area contributed by atoms with Gasteiger partial charge in [0.1, 0.15) is 5.76 Å². The summed E-state index contributed by atoms with van der Waals surface area (Å²) in [5.41, 5.74) is 0. The van der Waals surface area contributed by atoms with Gasteiger partial charge >= 0.3 is 0 Å². The highest BCUT2D eigenvalue weighted by Crippen LogP contribution is 2.32. The maximum atomic E-state index is 12.6. The Morgan fingerprint density at radius 1 is 1.45 bits per heavy atom. The second-order valence-corrected chi connectivity index (χ2v) is 9.12. The van der Waals surface area contributed by atoms with Crippen molar-refractivity contribution in [1.29, 1.82) is 0 Å². The van der Waals surface area contributed by atoms with E-state index in [1.165, 1.54) is 4.31 Å². The van der Waals surface area contributed by atoms with E-state index in [9.17, 15) is 8.42 Å². The summed E-state index contributed by atoms with van der Waals surface area (Å²) in [4.78, 5) is 0. The maximum Gasteiger partial charge on any atom is 0.276 e. The highest BCUT2D eigenvalue weighted by atomic mass is 32.2. The Morgan fingerprint density at radius 2 is 2.20 bits per heavy atom. The van der Waals surface area contributed by atoms with Crippen molar-refractivity contribution >= 4 is 21.8 Å². The lowest BCUT2D eigenvalue weighted by Crippen LogP contribution is -2.45. The van der Waals surface area contributed by atoms with Crippen molar-refractivity contribution in [3.63, 3.8) is 0 Å². The SMILES string of the molecule is CCNCc1ccc(S(=O)(=O)N2CCSC(C)(C)C2)o1. The third-order valence-corrected chi connectivity index (χ3v) is 6.19. The van der Waals surface area contributed by atoms with Crippen LogP contribution in [0, 0.1) is 0 Å². The second kappa shape index (κ2) is 6.09. The molecule has 2 heterocycles. The van der Waals surface area contributed by atoms with Crippen molar-refractivity contribution in [2.24, 2.45) is 0 Å². The van der Waals surface area contributed by atoms with Crippen LogP contribution in [0.5, 0.6) is 0 Å². The largest absolute Gasteiger partial charge is 0.447 e. The fraction of sp³-hybridized carbons (Fsp3) is 0.692. The molecule has 7 heteroatoms. The van der Waals surface area contributed by atoms with Crippen LogP contribution in [0.15, 0.2) is 21.6 Å². The van der Waals surface area contributed by atoms with E-state index in [2.05, 4.69) is 19.2 Å². The third-order valence-electron chi connectivity index (χ3n) is 3.17. The lowest BCUT2D eigenvalue weighted by molar-refractivity contribution is 0.352. The van der Waals surface area contributed by atoms with Crippen LogP contribution in [0.3, 0.4) is 0 Å². The minimum absolute atomic E-state index is 0.0492. The molecule has 114 valence electrons. The average Bonchev–Trinajstić information content (AvgIpc) is 2.84. The Morgan fingerprint density at radius 3 is 2.85 bits per heavy atom. The summed E-state index contributed by atoms with van der Waals surface area (Å²) in [6.45, 7) is 8.56. The van der Waals surface area contributed by atoms with Crippen molar-refractivity contribution in [3.05, 3.63) is 17.9 Å². The molecule has 0 atom stereocenters. The van der Waals surface area contributed by atoms with Gasteiger partial charge < -0.3 is 9.73 Å². The van der Waals surface area contributed by atoms with Crippen molar-refractivity contribution in [2.75, 3.05) is 25.4 Å². The van der Waals surface area contributed by atoms with Crippen LogP contribution in [0.25, 0.3) is 0 Å². The number of rotatable bonds is 5. The number of nitrogens with one attached hydrogen (secondary N) is 1. The van der Waals surface area contributed by atoms with E-state index in [-0.39, 0.29) is 9.84 Å². The van der Waals surface area contributed by atoms with E-state index in [1.807, 2.05) is 6.92 Å². The molecule has 20 heavy (non-hydrogen) atoms. The van der Waals surface area contributed by atoms with Gasteiger partial charge in [0, 0.05) is 23.6 Å². The first-order valence-corrected chi connectivity index (χ1v) is 9.21. The Bertz CT molecular complexity index is 552. The maximum absolute atomic E-state index is 12.6. The third kappa shape index (κ3) is 3.58. The predicted octanol–water partition coefficient (Wildman–Crippen LogP) is 1.91. The Kier molecular flexibility index (Phi) is 4.84. The predicted molar refractivity (Wildman–Crippen MR) is 81.4 cm³/mol. The van der Waals surface area contributed by atoms with Gasteiger partial charge in [-0.3, -0.25) is 0 Å². The van der Waals surface area contributed by atoms with E-state index >= 15 is 0 Å². The summed E-state index contributed by atoms with van der Waals surface area (Å²) >= 11 is 1.81. The van der Waals surface area contributed by atoms with Crippen LogP contribution < -0.4 is 5.32 Å². The smallest absolute Gasteiger partial charge is 0.276 e. The molecule has 0 unspecified atom stereocenters. The number of furan rings is 1. The van der Waals surface area contributed by atoms with Crippen LogP contribution in [0.2, 0.25) is 0 Å². The summed E-state index contributed by atoms with van der Waals surface area (Å²) in [6, 6.07) is 3.27. The number of hydrogen-bond acceptors (Lipinski definition) is 5. The molecule has 1 N–H and O–H groups in total. The molecule has 1 aromatic rings. The quantitative estimate of drug-likeness (QED) is 0.898. The molecular formula is C13H22N2O3S2.